The largest absolute Gasteiger partial charge is 0.396 e. The van der Waals surface area contributed by atoms with Gasteiger partial charge in [0.25, 0.3) is 0 Å². The third-order valence-electron chi connectivity index (χ3n) is 3.77. The molecule has 0 aliphatic heterocycles. The van der Waals surface area contributed by atoms with Gasteiger partial charge in [0, 0.05) is 19.8 Å². The Morgan fingerprint density at radius 2 is 1.64 bits per heavy atom. The van der Waals surface area contributed by atoms with Gasteiger partial charge in [-0.2, -0.15) is 0 Å². The predicted molar refractivity (Wildman–Crippen MR) is 92.9 cm³/mol. The lowest BCUT2D eigenvalue weighted by Crippen LogP contribution is -2.14. The normalized spacial score (nSPS) is 11.0. The van der Waals surface area contributed by atoms with Crippen LogP contribution >= 0.6 is 0 Å². The summed E-state index contributed by atoms with van der Waals surface area (Å²) in [6.07, 6.45) is 8.34. The third kappa shape index (κ3) is 9.93. The van der Waals surface area contributed by atoms with E-state index in [0.717, 1.165) is 39.1 Å². The van der Waals surface area contributed by atoms with Crippen molar-refractivity contribution in [3.8, 4) is 0 Å². The molecule has 0 heterocycles. The van der Waals surface area contributed by atoms with Gasteiger partial charge in [0.15, 0.2) is 0 Å². The number of aliphatic hydroxyl groups excluding tert-OH is 1. The van der Waals surface area contributed by atoms with E-state index >= 15 is 0 Å². The number of hydrogen-bond donors (Lipinski definition) is 2. The molecule has 0 atom stereocenters. The van der Waals surface area contributed by atoms with Gasteiger partial charge in [-0.3, -0.25) is 0 Å². The molecular formula is C19H33NO2. The smallest absolute Gasteiger partial charge is 0.0716 e. The van der Waals surface area contributed by atoms with Crippen molar-refractivity contribution >= 4 is 0 Å². The van der Waals surface area contributed by atoms with Gasteiger partial charge in [-0.05, 0) is 36.9 Å². The molecule has 3 heteroatoms. The van der Waals surface area contributed by atoms with E-state index in [0.29, 0.717) is 0 Å². The molecule has 0 radical (unpaired) electrons. The van der Waals surface area contributed by atoms with Crippen molar-refractivity contribution in [3.63, 3.8) is 0 Å². The number of hydrogen-bond acceptors (Lipinski definition) is 3. The first-order chi connectivity index (χ1) is 10.9. The quantitative estimate of drug-likeness (QED) is 0.510. The summed E-state index contributed by atoms with van der Waals surface area (Å²) >= 11 is 0. The number of rotatable bonds is 14. The summed E-state index contributed by atoms with van der Waals surface area (Å²) < 4.78 is 5.73. The molecule has 0 fully saturated rings. The Kier molecular flexibility index (Phi) is 12.0. The molecule has 0 aliphatic carbocycles. The van der Waals surface area contributed by atoms with E-state index in [1.165, 1.54) is 43.2 Å². The average molecular weight is 307 g/mol. The fourth-order valence-corrected chi connectivity index (χ4v) is 2.35. The Balaban J connectivity index is 2.06. The van der Waals surface area contributed by atoms with Crippen LogP contribution in [0.15, 0.2) is 24.3 Å². The summed E-state index contributed by atoms with van der Waals surface area (Å²) in [5.74, 6) is 0. The van der Waals surface area contributed by atoms with Crippen LogP contribution in [0.25, 0.3) is 0 Å². The fraction of sp³-hybridized carbons (Fsp3) is 0.684. The highest BCUT2D eigenvalue weighted by Gasteiger charge is 1.96. The Labute approximate surface area is 136 Å². The fourth-order valence-electron chi connectivity index (χ4n) is 2.35. The minimum absolute atomic E-state index is 0.287. The second kappa shape index (κ2) is 13.7. The highest BCUT2D eigenvalue weighted by atomic mass is 16.5. The highest BCUT2D eigenvalue weighted by Crippen LogP contribution is 2.07. The van der Waals surface area contributed by atoms with Crippen molar-refractivity contribution in [2.75, 3.05) is 19.8 Å². The maximum Gasteiger partial charge on any atom is 0.0716 e. The van der Waals surface area contributed by atoms with Gasteiger partial charge in [-0.1, -0.05) is 56.9 Å². The number of ether oxygens (including phenoxy) is 1. The van der Waals surface area contributed by atoms with E-state index in [2.05, 4.69) is 36.5 Å². The molecule has 22 heavy (non-hydrogen) atoms. The van der Waals surface area contributed by atoms with Crippen LogP contribution in [-0.2, 0) is 17.9 Å². The Hall–Kier alpha value is -0.900. The Bertz CT molecular complexity index is 351. The first-order valence-electron chi connectivity index (χ1n) is 8.84. The predicted octanol–water partition coefficient (Wildman–Crippen LogP) is 4.04. The van der Waals surface area contributed by atoms with Crippen molar-refractivity contribution < 1.29 is 9.84 Å². The molecule has 1 aromatic carbocycles. The van der Waals surface area contributed by atoms with Crippen LogP contribution in [0.3, 0.4) is 0 Å². The summed E-state index contributed by atoms with van der Waals surface area (Å²) in [5.41, 5.74) is 2.55. The molecule has 0 spiro atoms. The lowest BCUT2D eigenvalue weighted by molar-refractivity contribution is 0.116. The van der Waals surface area contributed by atoms with Crippen LogP contribution in [0.5, 0.6) is 0 Å². The van der Waals surface area contributed by atoms with Crippen molar-refractivity contribution in [1.82, 2.24) is 5.32 Å². The number of benzene rings is 1. The van der Waals surface area contributed by atoms with E-state index in [4.69, 9.17) is 9.84 Å². The lowest BCUT2D eigenvalue weighted by Gasteiger charge is -2.07. The van der Waals surface area contributed by atoms with E-state index in [-0.39, 0.29) is 6.61 Å². The van der Waals surface area contributed by atoms with E-state index < -0.39 is 0 Å². The molecule has 0 saturated carbocycles. The molecule has 0 aromatic heterocycles. The third-order valence-corrected chi connectivity index (χ3v) is 3.77. The summed E-state index contributed by atoms with van der Waals surface area (Å²) in [7, 11) is 0. The van der Waals surface area contributed by atoms with E-state index in [1.54, 1.807) is 0 Å². The minimum Gasteiger partial charge on any atom is -0.396 e. The molecule has 3 nitrogen and oxygen atoms in total. The number of nitrogens with one attached hydrogen (secondary N) is 1. The van der Waals surface area contributed by atoms with Crippen LogP contribution in [-0.4, -0.2) is 24.9 Å². The second-order valence-electron chi connectivity index (χ2n) is 5.89. The van der Waals surface area contributed by atoms with Gasteiger partial charge >= 0.3 is 0 Å². The summed E-state index contributed by atoms with van der Waals surface area (Å²) in [5, 5.41) is 12.1. The molecule has 0 amide bonds. The van der Waals surface area contributed by atoms with Crippen LogP contribution in [0.1, 0.15) is 63.0 Å². The maximum atomic E-state index is 8.72. The Morgan fingerprint density at radius 3 is 2.36 bits per heavy atom. The van der Waals surface area contributed by atoms with Crippen molar-refractivity contribution in [3.05, 3.63) is 35.4 Å². The average Bonchev–Trinajstić information content (AvgIpc) is 2.55. The van der Waals surface area contributed by atoms with E-state index in [9.17, 15) is 0 Å². The van der Waals surface area contributed by atoms with Crippen LogP contribution in [0.4, 0.5) is 0 Å². The summed E-state index contributed by atoms with van der Waals surface area (Å²) in [4.78, 5) is 0. The first-order valence-corrected chi connectivity index (χ1v) is 8.84. The molecule has 0 unspecified atom stereocenters. The van der Waals surface area contributed by atoms with Gasteiger partial charge in [0.2, 0.25) is 0 Å². The SMILES string of the molecule is CCCCCCCOCc1ccc(CNCCCCO)cc1. The highest BCUT2D eigenvalue weighted by molar-refractivity contribution is 5.21. The van der Waals surface area contributed by atoms with Gasteiger partial charge in [-0.15, -0.1) is 0 Å². The van der Waals surface area contributed by atoms with Crippen LogP contribution < -0.4 is 5.32 Å². The monoisotopic (exact) mass is 307 g/mol. The lowest BCUT2D eigenvalue weighted by atomic mass is 10.1. The van der Waals surface area contributed by atoms with E-state index in [1.807, 2.05) is 0 Å². The molecule has 1 rings (SSSR count). The van der Waals surface area contributed by atoms with Crippen molar-refractivity contribution in [2.24, 2.45) is 0 Å². The standard InChI is InChI=1S/C19H33NO2/c1-2-3-4-5-8-15-22-17-19-11-9-18(10-12-19)16-20-13-6-7-14-21/h9-12,20-21H,2-8,13-17H2,1H3. The molecular weight excluding hydrogens is 274 g/mol. The maximum absolute atomic E-state index is 8.72. The zero-order valence-corrected chi connectivity index (χ0v) is 14.2. The van der Waals surface area contributed by atoms with Crippen LogP contribution in [0, 0.1) is 0 Å². The zero-order chi connectivity index (χ0) is 15.9. The van der Waals surface area contributed by atoms with Crippen molar-refractivity contribution in [1.29, 1.82) is 0 Å². The summed E-state index contributed by atoms with van der Waals surface area (Å²) in [6.45, 7) is 5.98. The molecule has 126 valence electrons. The molecule has 2 N–H and O–H groups in total. The Morgan fingerprint density at radius 1 is 0.909 bits per heavy atom. The van der Waals surface area contributed by atoms with Gasteiger partial charge in [-0.25, -0.2) is 0 Å². The topological polar surface area (TPSA) is 41.5 Å². The minimum atomic E-state index is 0.287. The molecule has 1 aromatic rings. The number of unbranched alkanes of at least 4 members (excludes halogenated alkanes) is 5. The first kappa shape index (κ1) is 19.1. The second-order valence-corrected chi connectivity index (χ2v) is 5.89. The zero-order valence-electron chi connectivity index (χ0n) is 14.2. The van der Waals surface area contributed by atoms with Gasteiger partial charge in [0.1, 0.15) is 0 Å². The summed E-state index contributed by atoms with van der Waals surface area (Å²) in [6, 6.07) is 8.64. The van der Waals surface area contributed by atoms with Gasteiger partial charge in [0.05, 0.1) is 6.61 Å². The molecule has 0 saturated heterocycles. The van der Waals surface area contributed by atoms with Crippen molar-refractivity contribution in [2.45, 2.75) is 65.0 Å². The number of aliphatic hydroxyl groups is 1. The van der Waals surface area contributed by atoms with Gasteiger partial charge < -0.3 is 15.2 Å². The molecule has 0 aliphatic rings. The van der Waals surface area contributed by atoms with Crippen LogP contribution in [0.2, 0.25) is 0 Å². The molecule has 0 bridgehead atoms.